The summed E-state index contributed by atoms with van der Waals surface area (Å²) in [4.78, 5) is 0. The number of ether oxygens (including phenoxy) is 1. The Morgan fingerprint density at radius 2 is 1.44 bits per heavy atom. The van der Waals surface area contributed by atoms with Crippen LogP contribution >= 0.6 is 8.15 Å². The van der Waals surface area contributed by atoms with Crippen LogP contribution in [0.5, 0.6) is 11.5 Å². The van der Waals surface area contributed by atoms with Crippen molar-refractivity contribution in [2.75, 3.05) is 7.11 Å². The van der Waals surface area contributed by atoms with Gasteiger partial charge in [0.25, 0.3) is 0 Å². The van der Waals surface area contributed by atoms with Crippen LogP contribution in [0.4, 0.5) is 0 Å². The summed E-state index contributed by atoms with van der Waals surface area (Å²) in [7, 11) is 0.707. The maximum absolute atomic E-state index is 6.46. The molecule has 0 amide bonds. The quantitative estimate of drug-likeness (QED) is 0.449. The fourth-order valence-electron chi connectivity index (χ4n) is 2.56. The van der Waals surface area contributed by atoms with Gasteiger partial charge in [0.1, 0.15) is 0 Å². The van der Waals surface area contributed by atoms with Gasteiger partial charge in [-0.25, -0.2) is 0 Å². The summed E-state index contributed by atoms with van der Waals surface area (Å²) in [6, 6.07) is 26.7. The topological polar surface area (TPSA) is 18.5 Å². The van der Waals surface area contributed by atoms with Gasteiger partial charge in [-0.3, -0.25) is 0 Å². The first-order valence-electron chi connectivity index (χ1n) is 8.18. The van der Waals surface area contributed by atoms with Crippen LogP contribution in [0.25, 0.3) is 0 Å². The predicted octanol–water partition coefficient (Wildman–Crippen LogP) is 4.85. The smallest absolute Gasteiger partial charge is 0.166 e. The van der Waals surface area contributed by atoms with Gasteiger partial charge in [0.2, 0.25) is 0 Å². The molecule has 0 aliphatic heterocycles. The highest BCUT2D eigenvalue weighted by Gasteiger charge is 2.18. The molecule has 126 valence electrons. The first kappa shape index (κ1) is 17.3. The fourth-order valence-corrected chi connectivity index (χ4v) is 4.30. The molecule has 3 aromatic carbocycles. The van der Waals surface area contributed by atoms with Crippen molar-refractivity contribution in [3.63, 3.8) is 0 Å². The van der Waals surface area contributed by atoms with Gasteiger partial charge in [-0.1, -0.05) is 72.8 Å². The molecule has 0 unspecified atom stereocenters. The second-order valence-corrected chi connectivity index (χ2v) is 7.34. The molecule has 0 fully saturated rings. The van der Waals surface area contributed by atoms with Crippen LogP contribution in [0.15, 0.2) is 91.5 Å². The van der Waals surface area contributed by atoms with E-state index >= 15 is 0 Å². The monoisotopic (exact) mass is 348 g/mol. The van der Waals surface area contributed by atoms with Crippen molar-refractivity contribution in [1.82, 2.24) is 0 Å². The molecular weight excluding hydrogens is 327 g/mol. The third-order valence-electron chi connectivity index (χ3n) is 3.78. The summed E-state index contributed by atoms with van der Waals surface area (Å²) >= 11 is 0. The number of allylic oxidation sites excluding steroid dienone is 1. The zero-order valence-corrected chi connectivity index (χ0v) is 15.2. The number of methoxy groups -OCH3 is 1. The largest absolute Gasteiger partial charge is 0.493 e. The summed E-state index contributed by atoms with van der Waals surface area (Å²) in [6.45, 7) is 3.79. The first-order chi connectivity index (χ1) is 12.3. The SMILES string of the molecule is C=CCc1ccc(OP(c2ccccc2)c2ccccc2)c(OC)c1. The Labute approximate surface area is 150 Å². The highest BCUT2D eigenvalue weighted by Crippen LogP contribution is 2.41. The maximum Gasteiger partial charge on any atom is 0.166 e. The zero-order chi connectivity index (χ0) is 17.5. The van der Waals surface area contributed by atoms with E-state index in [9.17, 15) is 0 Å². The van der Waals surface area contributed by atoms with E-state index in [1.165, 1.54) is 10.6 Å². The van der Waals surface area contributed by atoms with E-state index < -0.39 is 8.15 Å². The fraction of sp³-hybridized carbons (Fsp3) is 0.0909. The minimum atomic E-state index is -0.967. The molecular formula is C22H21O2P. The normalized spacial score (nSPS) is 10.5. The van der Waals surface area contributed by atoms with E-state index in [1.54, 1.807) is 7.11 Å². The van der Waals surface area contributed by atoms with E-state index in [4.69, 9.17) is 9.26 Å². The Bertz CT molecular complexity index is 776. The third kappa shape index (κ3) is 4.29. The Morgan fingerprint density at radius 1 is 0.840 bits per heavy atom. The van der Waals surface area contributed by atoms with Gasteiger partial charge >= 0.3 is 0 Å². The summed E-state index contributed by atoms with van der Waals surface area (Å²) in [5.74, 6) is 1.51. The maximum atomic E-state index is 6.46. The molecule has 0 saturated heterocycles. The van der Waals surface area contributed by atoms with Gasteiger partial charge in [0, 0.05) is 10.6 Å². The molecule has 0 radical (unpaired) electrons. The van der Waals surface area contributed by atoms with Crippen LogP contribution in [0, 0.1) is 0 Å². The van der Waals surface area contributed by atoms with Gasteiger partial charge in [0.15, 0.2) is 19.6 Å². The van der Waals surface area contributed by atoms with Crippen LogP contribution in [0.2, 0.25) is 0 Å². The molecule has 3 aromatic rings. The summed E-state index contributed by atoms with van der Waals surface area (Å²) in [6.07, 6.45) is 2.69. The van der Waals surface area contributed by atoms with Crippen molar-refractivity contribution in [2.45, 2.75) is 6.42 Å². The summed E-state index contributed by atoms with van der Waals surface area (Å²) < 4.78 is 12.0. The van der Waals surface area contributed by atoms with Crippen LogP contribution < -0.4 is 19.9 Å². The van der Waals surface area contributed by atoms with E-state index in [-0.39, 0.29) is 0 Å². The van der Waals surface area contributed by atoms with Gasteiger partial charge in [0.05, 0.1) is 7.11 Å². The minimum absolute atomic E-state index is 0.749. The average molecular weight is 348 g/mol. The van der Waals surface area contributed by atoms with Crippen LogP contribution in [0.1, 0.15) is 5.56 Å². The highest BCUT2D eigenvalue weighted by molar-refractivity contribution is 7.68. The van der Waals surface area contributed by atoms with Gasteiger partial charge < -0.3 is 9.26 Å². The van der Waals surface area contributed by atoms with Crippen molar-refractivity contribution in [1.29, 1.82) is 0 Å². The Balaban J connectivity index is 1.97. The number of rotatable bonds is 7. The van der Waals surface area contributed by atoms with E-state index in [0.717, 1.165) is 23.5 Å². The second kappa shape index (κ2) is 8.50. The molecule has 0 aromatic heterocycles. The lowest BCUT2D eigenvalue weighted by molar-refractivity contribution is 0.398. The summed E-state index contributed by atoms with van der Waals surface area (Å²) in [5, 5.41) is 2.34. The van der Waals surface area contributed by atoms with Crippen LogP contribution in [0.3, 0.4) is 0 Å². The lowest BCUT2D eigenvalue weighted by atomic mass is 10.1. The molecule has 0 saturated carbocycles. The van der Waals surface area contributed by atoms with Crippen molar-refractivity contribution in [3.8, 4) is 11.5 Å². The molecule has 2 nitrogen and oxygen atoms in total. The van der Waals surface area contributed by atoms with E-state index in [2.05, 4.69) is 36.9 Å². The second-order valence-electron chi connectivity index (χ2n) is 5.53. The molecule has 0 heterocycles. The molecule has 25 heavy (non-hydrogen) atoms. The molecule has 0 aliphatic carbocycles. The standard InChI is InChI=1S/C22H21O2P/c1-3-10-18-15-16-21(22(17-18)23-2)24-25(19-11-6-4-7-12-19)20-13-8-5-9-14-20/h3-9,11-17H,1,10H2,2H3. The Kier molecular flexibility index (Phi) is 5.87. The number of hydrogen-bond acceptors (Lipinski definition) is 2. The van der Waals surface area contributed by atoms with Gasteiger partial charge in [-0.05, 0) is 24.1 Å². The number of hydrogen-bond donors (Lipinski definition) is 0. The lowest BCUT2D eigenvalue weighted by Gasteiger charge is -2.21. The first-order valence-corrected chi connectivity index (χ1v) is 9.44. The lowest BCUT2D eigenvalue weighted by Crippen LogP contribution is -2.15. The molecule has 0 spiro atoms. The third-order valence-corrected chi connectivity index (χ3v) is 5.69. The van der Waals surface area contributed by atoms with Crippen molar-refractivity contribution in [3.05, 3.63) is 97.1 Å². The molecule has 3 rings (SSSR count). The molecule has 0 bridgehead atoms. The molecule has 3 heteroatoms. The van der Waals surface area contributed by atoms with Crippen LogP contribution in [-0.4, -0.2) is 7.11 Å². The minimum Gasteiger partial charge on any atom is -0.493 e. The van der Waals surface area contributed by atoms with E-state index in [1.807, 2.05) is 54.6 Å². The molecule has 0 N–H and O–H groups in total. The number of benzene rings is 3. The van der Waals surface area contributed by atoms with Crippen LogP contribution in [-0.2, 0) is 6.42 Å². The van der Waals surface area contributed by atoms with Crippen molar-refractivity contribution < 1.29 is 9.26 Å². The van der Waals surface area contributed by atoms with Crippen molar-refractivity contribution >= 4 is 18.8 Å². The average Bonchev–Trinajstić information content (AvgIpc) is 2.68. The predicted molar refractivity (Wildman–Crippen MR) is 107 cm³/mol. The van der Waals surface area contributed by atoms with Crippen molar-refractivity contribution in [2.24, 2.45) is 0 Å². The summed E-state index contributed by atoms with van der Waals surface area (Å²) in [5.41, 5.74) is 1.16. The zero-order valence-electron chi connectivity index (χ0n) is 14.3. The Morgan fingerprint density at radius 3 is 1.96 bits per heavy atom. The molecule has 0 atom stereocenters. The highest BCUT2D eigenvalue weighted by atomic mass is 31.1. The van der Waals surface area contributed by atoms with E-state index in [0.29, 0.717) is 0 Å². The van der Waals surface area contributed by atoms with Gasteiger partial charge in [-0.2, -0.15) is 0 Å². The van der Waals surface area contributed by atoms with Gasteiger partial charge in [-0.15, -0.1) is 6.58 Å². The molecule has 0 aliphatic rings. The Hall–Kier alpha value is -2.57.